The number of aromatic nitrogens is 1. The van der Waals surface area contributed by atoms with Gasteiger partial charge in [-0.15, -0.1) is 0 Å². The third-order valence-corrected chi connectivity index (χ3v) is 4.99. The molecule has 0 spiro atoms. The largest absolute Gasteiger partial charge is 0.334 e. The van der Waals surface area contributed by atoms with Crippen molar-refractivity contribution in [2.45, 2.75) is 6.92 Å². The van der Waals surface area contributed by atoms with Crippen LogP contribution < -0.4 is 15.5 Å². The number of nitrogens with one attached hydrogen (secondary N) is 3. The van der Waals surface area contributed by atoms with Gasteiger partial charge in [0, 0.05) is 24.0 Å². The fourth-order valence-corrected chi connectivity index (χ4v) is 3.01. The number of halogens is 3. The van der Waals surface area contributed by atoms with Crippen molar-refractivity contribution in [2.75, 3.05) is 22.6 Å². The van der Waals surface area contributed by atoms with Crippen LogP contribution in [0.15, 0.2) is 54.7 Å². The maximum atomic E-state index is 14.6. The van der Waals surface area contributed by atoms with Crippen molar-refractivity contribution < 1.29 is 14.0 Å². The molecule has 0 saturated heterocycles. The van der Waals surface area contributed by atoms with Crippen molar-refractivity contribution in [3.8, 4) is 0 Å². The highest BCUT2D eigenvalue weighted by Crippen LogP contribution is 2.24. The molecule has 164 valence electrons. The number of benzene rings is 2. The van der Waals surface area contributed by atoms with Crippen LogP contribution in [0.4, 0.5) is 21.6 Å². The number of anilines is 3. The maximum absolute atomic E-state index is 14.6. The van der Waals surface area contributed by atoms with Crippen molar-refractivity contribution in [3.05, 3.63) is 81.7 Å². The highest BCUT2D eigenvalue weighted by Gasteiger charge is 2.19. The van der Waals surface area contributed by atoms with Gasteiger partial charge in [-0.05, 0) is 55.5 Å². The van der Waals surface area contributed by atoms with Gasteiger partial charge in [0.25, 0.3) is 11.8 Å². The predicted octanol–water partition coefficient (Wildman–Crippen LogP) is 5.47. The Kier molecular flexibility index (Phi) is 7.07. The summed E-state index contributed by atoms with van der Waals surface area (Å²) in [5, 5.41) is 13.5. The SMILES string of the molecule is CC(=N)N(C)c1ccc(C(=O)Nc2ccc(Cl)cc2C(=O)Nc2ccc(Cl)cn2)c(F)c1. The summed E-state index contributed by atoms with van der Waals surface area (Å²) in [6.07, 6.45) is 1.38. The summed E-state index contributed by atoms with van der Waals surface area (Å²) in [5.74, 6) is -1.61. The van der Waals surface area contributed by atoms with Crippen LogP contribution >= 0.6 is 23.2 Å². The number of pyridine rings is 1. The summed E-state index contributed by atoms with van der Waals surface area (Å²) >= 11 is 11.8. The number of carbonyl (C=O) groups is 2. The number of hydrogen-bond donors (Lipinski definition) is 3. The van der Waals surface area contributed by atoms with Gasteiger partial charge in [-0.25, -0.2) is 9.37 Å². The van der Waals surface area contributed by atoms with Crippen molar-refractivity contribution >= 4 is 58.0 Å². The fourth-order valence-electron chi connectivity index (χ4n) is 2.73. The topological polar surface area (TPSA) is 98.2 Å². The van der Waals surface area contributed by atoms with Gasteiger partial charge in [0.15, 0.2) is 0 Å². The fraction of sp³-hybridized carbons (Fsp3) is 0.0909. The van der Waals surface area contributed by atoms with Crippen molar-refractivity contribution in [2.24, 2.45) is 0 Å². The third kappa shape index (κ3) is 5.40. The molecular weight excluding hydrogens is 456 g/mol. The molecular formula is C22H18Cl2FN5O2. The molecule has 1 heterocycles. The molecule has 0 saturated carbocycles. The van der Waals surface area contributed by atoms with E-state index in [1.807, 2.05) is 0 Å². The molecule has 0 unspecified atom stereocenters. The summed E-state index contributed by atoms with van der Waals surface area (Å²) in [5.41, 5.74) is 0.416. The Hall–Kier alpha value is -3.49. The molecule has 32 heavy (non-hydrogen) atoms. The second-order valence-corrected chi connectivity index (χ2v) is 7.64. The van der Waals surface area contributed by atoms with Crippen LogP contribution in [0.2, 0.25) is 10.0 Å². The molecule has 0 aliphatic rings. The highest BCUT2D eigenvalue weighted by atomic mass is 35.5. The number of nitrogens with zero attached hydrogens (tertiary/aromatic N) is 2. The van der Waals surface area contributed by atoms with Crippen molar-refractivity contribution in [1.82, 2.24) is 4.98 Å². The second kappa shape index (κ2) is 9.76. The summed E-state index contributed by atoms with van der Waals surface area (Å²) in [7, 11) is 1.62. The second-order valence-electron chi connectivity index (χ2n) is 6.77. The zero-order chi connectivity index (χ0) is 23.4. The first-order valence-electron chi connectivity index (χ1n) is 9.28. The lowest BCUT2D eigenvalue weighted by molar-refractivity contribution is 0.102. The molecule has 0 fully saturated rings. The van der Waals surface area contributed by atoms with E-state index in [2.05, 4.69) is 15.6 Å². The highest BCUT2D eigenvalue weighted by molar-refractivity contribution is 6.31. The van der Waals surface area contributed by atoms with Crippen LogP contribution in [-0.4, -0.2) is 29.7 Å². The summed E-state index contributed by atoms with van der Waals surface area (Å²) in [4.78, 5) is 30.9. The van der Waals surface area contributed by atoms with Gasteiger partial charge in [0.2, 0.25) is 0 Å². The molecule has 0 radical (unpaired) electrons. The first-order chi connectivity index (χ1) is 15.2. The predicted molar refractivity (Wildman–Crippen MR) is 125 cm³/mol. The maximum Gasteiger partial charge on any atom is 0.258 e. The van der Waals surface area contributed by atoms with Crippen LogP contribution in [0.25, 0.3) is 0 Å². The summed E-state index contributed by atoms with van der Waals surface area (Å²) in [6.45, 7) is 1.56. The van der Waals surface area contributed by atoms with Crippen molar-refractivity contribution in [3.63, 3.8) is 0 Å². The Bertz CT molecular complexity index is 1200. The van der Waals surface area contributed by atoms with E-state index in [0.29, 0.717) is 10.7 Å². The zero-order valence-corrected chi connectivity index (χ0v) is 18.6. The quantitative estimate of drug-likeness (QED) is 0.338. The molecule has 0 bridgehead atoms. The number of rotatable bonds is 5. The number of hydrogen-bond acceptors (Lipinski definition) is 4. The minimum Gasteiger partial charge on any atom is -0.334 e. The van der Waals surface area contributed by atoms with Gasteiger partial charge in [-0.1, -0.05) is 23.2 Å². The van der Waals surface area contributed by atoms with Gasteiger partial charge in [-0.3, -0.25) is 15.0 Å². The molecule has 3 N–H and O–H groups in total. The summed E-state index contributed by atoms with van der Waals surface area (Å²) < 4.78 is 14.6. The van der Waals surface area contributed by atoms with Crippen LogP contribution in [0.1, 0.15) is 27.6 Å². The molecule has 0 aliphatic heterocycles. The van der Waals surface area contributed by atoms with Crippen LogP contribution in [0.3, 0.4) is 0 Å². The lowest BCUT2D eigenvalue weighted by Gasteiger charge is -2.18. The van der Waals surface area contributed by atoms with E-state index in [1.54, 1.807) is 20.0 Å². The Morgan fingerprint density at radius 3 is 2.28 bits per heavy atom. The van der Waals surface area contributed by atoms with E-state index >= 15 is 0 Å². The smallest absolute Gasteiger partial charge is 0.258 e. The molecule has 10 heteroatoms. The van der Waals surface area contributed by atoms with Gasteiger partial charge >= 0.3 is 0 Å². The Morgan fingerprint density at radius 1 is 0.969 bits per heavy atom. The van der Waals surface area contributed by atoms with E-state index in [0.717, 1.165) is 6.07 Å². The summed E-state index contributed by atoms with van der Waals surface area (Å²) in [6, 6.07) is 11.4. The van der Waals surface area contributed by atoms with E-state index in [4.69, 9.17) is 28.6 Å². The van der Waals surface area contributed by atoms with Crippen LogP contribution in [0.5, 0.6) is 0 Å². The first-order valence-corrected chi connectivity index (χ1v) is 10.0. The molecule has 7 nitrogen and oxygen atoms in total. The average Bonchev–Trinajstić information content (AvgIpc) is 2.75. The first kappa shape index (κ1) is 23.2. The lowest BCUT2D eigenvalue weighted by Crippen LogP contribution is -2.23. The van der Waals surface area contributed by atoms with Gasteiger partial charge in [0.1, 0.15) is 11.6 Å². The van der Waals surface area contributed by atoms with E-state index in [-0.39, 0.29) is 33.5 Å². The Balaban J connectivity index is 1.84. The van der Waals surface area contributed by atoms with Gasteiger partial charge in [-0.2, -0.15) is 0 Å². The third-order valence-electron chi connectivity index (χ3n) is 4.53. The van der Waals surface area contributed by atoms with Crippen LogP contribution in [-0.2, 0) is 0 Å². The average molecular weight is 474 g/mol. The molecule has 2 aromatic carbocycles. The Morgan fingerprint density at radius 2 is 1.66 bits per heavy atom. The molecule has 0 atom stereocenters. The van der Waals surface area contributed by atoms with Gasteiger partial charge < -0.3 is 15.5 Å². The van der Waals surface area contributed by atoms with Gasteiger partial charge in [0.05, 0.1) is 27.7 Å². The molecule has 2 amide bonds. The molecule has 3 rings (SSSR count). The molecule has 3 aromatic rings. The zero-order valence-electron chi connectivity index (χ0n) is 17.0. The number of amidine groups is 1. The lowest BCUT2D eigenvalue weighted by atomic mass is 10.1. The van der Waals surface area contributed by atoms with E-state index in [9.17, 15) is 14.0 Å². The van der Waals surface area contributed by atoms with E-state index in [1.165, 1.54) is 47.5 Å². The minimum atomic E-state index is -0.765. The Labute approximate surface area is 193 Å². The minimum absolute atomic E-state index is 0.0683. The standard InChI is InChI=1S/C22H18Cl2FN5O2/c1-12(26)30(2)15-5-6-16(18(25)10-15)21(31)28-19-7-3-13(23)9-17(19)22(32)29-20-8-4-14(24)11-27-20/h3-11,26H,1-2H3,(H,28,31)(H,27,29,32). The van der Waals surface area contributed by atoms with Crippen LogP contribution in [0, 0.1) is 11.2 Å². The van der Waals surface area contributed by atoms with Crippen molar-refractivity contribution in [1.29, 1.82) is 5.41 Å². The normalized spacial score (nSPS) is 10.4. The number of amides is 2. The molecule has 0 aliphatic carbocycles. The molecule has 1 aromatic heterocycles. The number of carbonyl (C=O) groups excluding carboxylic acids is 2. The monoisotopic (exact) mass is 473 g/mol. The van der Waals surface area contributed by atoms with E-state index < -0.39 is 17.6 Å².